The summed E-state index contributed by atoms with van der Waals surface area (Å²) in [5.41, 5.74) is 2.41. The van der Waals surface area contributed by atoms with Crippen LogP contribution in [0.1, 0.15) is 5.56 Å². The Labute approximate surface area is 179 Å². The molecule has 2 N–H and O–H groups in total. The first-order valence-corrected chi connectivity index (χ1v) is 10.0. The lowest BCUT2D eigenvalue weighted by Crippen LogP contribution is -2.51. The van der Waals surface area contributed by atoms with Gasteiger partial charge in [-0.25, -0.2) is 9.59 Å². The number of anilines is 2. The third-order valence-electron chi connectivity index (χ3n) is 5.06. The minimum Gasteiger partial charge on any atom is -0.447 e. The quantitative estimate of drug-likeness (QED) is 0.687. The molecule has 8 nitrogen and oxygen atoms in total. The Morgan fingerprint density at radius 1 is 1.07 bits per heavy atom. The van der Waals surface area contributed by atoms with Gasteiger partial charge in [-0.3, -0.25) is 15.1 Å². The van der Waals surface area contributed by atoms with Gasteiger partial charge in [-0.2, -0.15) is 0 Å². The Balaban J connectivity index is 1.54. The number of cyclic esters (lactones) is 2. The van der Waals surface area contributed by atoms with Crippen molar-refractivity contribution < 1.29 is 19.1 Å². The summed E-state index contributed by atoms with van der Waals surface area (Å²) in [5, 5.41) is 6.24. The van der Waals surface area contributed by atoms with Crippen LogP contribution in [0.4, 0.5) is 21.0 Å². The van der Waals surface area contributed by atoms with E-state index in [1.807, 2.05) is 30.3 Å². The number of benzene rings is 2. The number of hydrogen-bond donors (Lipinski definition) is 2. The molecule has 2 aromatic rings. The highest BCUT2D eigenvalue weighted by molar-refractivity contribution is 7.80. The molecule has 30 heavy (non-hydrogen) atoms. The normalized spacial score (nSPS) is 20.8. The van der Waals surface area contributed by atoms with E-state index in [1.54, 1.807) is 36.2 Å². The average Bonchev–Trinajstić information content (AvgIpc) is 3.35. The lowest BCUT2D eigenvalue weighted by atomic mass is 10.1. The molecule has 156 valence electrons. The van der Waals surface area contributed by atoms with E-state index in [1.165, 1.54) is 4.90 Å². The summed E-state index contributed by atoms with van der Waals surface area (Å²) in [7, 11) is 1.72. The number of ether oxygens (including phenoxy) is 2. The maximum absolute atomic E-state index is 12.7. The van der Waals surface area contributed by atoms with Crippen LogP contribution in [0, 0.1) is 0 Å². The van der Waals surface area contributed by atoms with Gasteiger partial charge in [0, 0.05) is 25.0 Å². The van der Waals surface area contributed by atoms with Gasteiger partial charge in [-0.05, 0) is 29.8 Å². The second-order valence-corrected chi connectivity index (χ2v) is 7.32. The third kappa shape index (κ3) is 3.94. The van der Waals surface area contributed by atoms with Crippen LogP contribution in [0.2, 0.25) is 0 Å². The molecule has 0 aromatic heterocycles. The maximum atomic E-state index is 12.7. The lowest BCUT2D eigenvalue weighted by molar-refractivity contribution is 0.116. The Morgan fingerprint density at radius 2 is 1.77 bits per heavy atom. The van der Waals surface area contributed by atoms with Gasteiger partial charge >= 0.3 is 12.2 Å². The van der Waals surface area contributed by atoms with Crippen LogP contribution in [0.5, 0.6) is 0 Å². The monoisotopic (exact) mass is 426 g/mol. The Kier molecular flexibility index (Phi) is 5.82. The van der Waals surface area contributed by atoms with Crippen molar-refractivity contribution in [2.75, 3.05) is 30.0 Å². The minimum absolute atomic E-state index is 0.367. The SMILES string of the molecule is CNC(=S)C1[C@@H](NCc2ccccc2)OC(=O)N1c1ccc(N2CCOC2=O)cc1. The highest BCUT2D eigenvalue weighted by Crippen LogP contribution is 2.29. The second kappa shape index (κ2) is 8.68. The fourth-order valence-corrected chi connectivity index (χ4v) is 3.77. The number of likely N-dealkylation sites (N-methyl/N-ethyl adjacent to an activating group) is 1. The topological polar surface area (TPSA) is 83.1 Å². The van der Waals surface area contributed by atoms with E-state index in [0.717, 1.165) is 5.56 Å². The molecule has 2 saturated heterocycles. The van der Waals surface area contributed by atoms with Gasteiger partial charge in [-0.15, -0.1) is 0 Å². The van der Waals surface area contributed by atoms with Gasteiger partial charge in [0.1, 0.15) is 17.6 Å². The Bertz CT molecular complexity index is 938. The van der Waals surface area contributed by atoms with Gasteiger partial charge in [0.15, 0.2) is 6.23 Å². The largest absolute Gasteiger partial charge is 0.447 e. The zero-order valence-corrected chi connectivity index (χ0v) is 17.2. The van der Waals surface area contributed by atoms with Gasteiger partial charge in [-0.1, -0.05) is 42.5 Å². The molecule has 0 saturated carbocycles. The molecule has 4 rings (SSSR count). The van der Waals surface area contributed by atoms with Crippen LogP contribution in [0.15, 0.2) is 54.6 Å². The van der Waals surface area contributed by atoms with Crippen molar-refractivity contribution in [1.82, 2.24) is 10.6 Å². The summed E-state index contributed by atoms with van der Waals surface area (Å²) in [4.78, 5) is 28.0. The van der Waals surface area contributed by atoms with E-state index in [2.05, 4.69) is 10.6 Å². The summed E-state index contributed by atoms with van der Waals surface area (Å²) in [6, 6.07) is 16.4. The van der Waals surface area contributed by atoms with Crippen LogP contribution in [-0.4, -0.2) is 49.6 Å². The zero-order valence-electron chi connectivity index (χ0n) is 16.4. The van der Waals surface area contributed by atoms with Crippen LogP contribution >= 0.6 is 12.2 Å². The summed E-state index contributed by atoms with van der Waals surface area (Å²) in [6.07, 6.45) is -1.47. The number of rotatable bonds is 6. The lowest BCUT2D eigenvalue weighted by Gasteiger charge is -2.26. The predicted octanol–water partition coefficient (Wildman–Crippen LogP) is 2.63. The standard InChI is InChI=1S/C21H22N4O4S/c1-22-19(30)17-18(23-13-14-5-3-2-4-6-14)29-21(27)25(17)16-9-7-15(8-10-16)24-11-12-28-20(24)26/h2-10,17-18,23H,11-13H2,1H3,(H,22,30)/t17?,18-/m0/s1. The van der Waals surface area contributed by atoms with Gasteiger partial charge in [0.25, 0.3) is 0 Å². The van der Waals surface area contributed by atoms with Gasteiger partial charge in [0.2, 0.25) is 0 Å². The number of thiocarbonyl (C=S) groups is 1. The van der Waals surface area contributed by atoms with E-state index in [0.29, 0.717) is 36.1 Å². The Morgan fingerprint density at radius 3 is 2.40 bits per heavy atom. The average molecular weight is 426 g/mol. The third-order valence-corrected chi connectivity index (χ3v) is 5.50. The second-order valence-electron chi connectivity index (χ2n) is 6.88. The highest BCUT2D eigenvalue weighted by Gasteiger charge is 2.45. The Hall–Kier alpha value is -3.17. The van der Waals surface area contributed by atoms with Gasteiger partial charge < -0.3 is 14.8 Å². The molecule has 2 heterocycles. The molecule has 0 spiro atoms. The molecule has 2 aromatic carbocycles. The number of nitrogens with one attached hydrogen (secondary N) is 2. The van der Waals surface area contributed by atoms with E-state index in [9.17, 15) is 9.59 Å². The molecule has 0 aliphatic carbocycles. The molecule has 2 aliphatic heterocycles. The zero-order chi connectivity index (χ0) is 21.1. The molecule has 9 heteroatoms. The number of nitrogens with zero attached hydrogens (tertiary/aromatic N) is 2. The van der Waals surface area contributed by atoms with Crippen molar-refractivity contribution in [2.45, 2.75) is 18.8 Å². The first-order chi connectivity index (χ1) is 14.6. The van der Waals surface area contributed by atoms with Crippen molar-refractivity contribution in [1.29, 1.82) is 0 Å². The first kappa shape index (κ1) is 20.1. The summed E-state index contributed by atoms with van der Waals surface area (Å²) >= 11 is 5.49. The molecule has 0 radical (unpaired) electrons. The molecule has 2 fully saturated rings. The number of hydrogen-bond acceptors (Lipinski definition) is 6. The maximum Gasteiger partial charge on any atom is 0.416 e. The summed E-state index contributed by atoms with van der Waals surface area (Å²) in [6.45, 7) is 1.40. The fraction of sp³-hybridized carbons (Fsp3) is 0.286. The van der Waals surface area contributed by atoms with E-state index in [4.69, 9.17) is 21.7 Å². The number of carbonyl (C=O) groups is 2. The molecule has 2 aliphatic rings. The van der Waals surface area contributed by atoms with Gasteiger partial charge in [0.05, 0.1) is 6.54 Å². The number of carbonyl (C=O) groups excluding carboxylic acids is 2. The first-order valence-electron chi connectivity index (χ1n) is 9.61. The van der Waals surface area contributed by atoms with Crippen LogP contribution in [0.25, 0.3) is 0 Å². The summed E-state index contributed by atoms with van der Waals surface area (Å²) in [5.74, 6) is 0. The van der Waals surface area contributed by atoms with Crippen molar-refractivity contribution in [3.8, 4) is 0 Å². The van der Waals surface area contributed by atoms with E-state index >= 15 is 0 Å². The van der Waals surface area contributed by atoms with Crippen LogP contribution in [0.3, 0.4) is 0 Å². The fourth-order valence-electron chi connectivity index (χ4n) is 3.54. The van der Waals surface area contributed by atoms with Crippen LogP contribution < -0.4 is 20.4 Å². The predicted molar refractivity (Wildman–Crippen MR) is 117 cm³/mol. The van der Waals surface area contributed by atoms with Crippen molar-refractivity contribution in [3.63, 3.8) is 0 Å². The molecule has 1 unspecified atom stereocenters. The molecular weight excluding hydrogens is 404 g/mol. The minimum atomic E-state index is -0.606. The van der Waals surface area contributed by atoms with Crippen LogP contribution in [-0.2, 0) is 16.0 Å². The number of amides is 2. The molecule has 2 amide bonds. The van der Waals surface area contributed by atoms with Crippen molar-refractivity contribution >= 4 is 40.8 Å². The highest BCUT2D eigenvalue weighted by atomic mass is 32.1. The van der Waals surface area contributed by atoms with Crippen molar-refractivity contribution in [3.05, 3.63) is 60.2 Å². The smallest absolute Gasteiger partial charge is 0.416 e. The van der Waals surface area contributed by atoms with E-state index < -0.39 is 18.4 Å². The molecule has 2 atom stereocenters. The molecule has 0 bridgehead atoms. The summed E-state index contributed by atoms with van der Waals surface area (Å²) < 4.78 is 10.6. The molecular formula is C21H22N4O4S. The van der Waals surface area contributed by atoms with Crippen molar-refractivity contribution in [2.24, 2.45) is 0 Å². The van der Waals surface area contributed by atoms with E-state index in [-0.39, 0.29) is 6.09 Å².